The Bertz CT molecular complexity index is 686. The number of benzene rings is 1. The van der Waals surface area contributed by atoms with Gasteiger partial charge in [-0.1, -0.05) is 6.07 Å². The Morgan fingerprint density at radius 2 is 2.00 bits per heavy atom. The van der Waals surface area contributed by atoms with Crippen molar-refractivity contribution in [1.82, 2.24) is 4.90 Å². The van der Waals surface area contributed by atoms with Gasteiger partial charge in [-0.2, -0.15) is 0 Å². The van der Waals surface area contributed by atoms with E-state index in [0.717, 1.165) is 0 Å². The fraction of sp³-hybridized carbons (Fsp3) is 0.417. The monoisotopic (exact) mass is 313 g/mol. The standard InChI is InChI=1S/C12H15N3O5S/c13-11-9(3-1-4-10(11)15(17)18)12(16)14-5-2-7-21(19,20)8-6-14/h1,3-4H,2,5-8,13H2. The summed E-state index contributed by atoms with van der Waals surface area (Å²) in [6.07, 6.45) is 0.350. The van der Waals surface area contributed by atoms with Crippen LogP contribution in [-0.4, -0.2) is 48.7 Å². The van der Waals surface area contributed by atoms with Crippen LogP contribution >= 0.6 is 0 Å². The van der Waals surface area contributed by atoms with Crippen molar-refractivity contribution >= 4 is 27.1 Å². The molecule has 9 heteroatoms. The molecule has 1 heterocycles. The predicted octanol–water partition coefficient (Wildman–Crippen LogP) is 0.438. The number of amides is 1. The van der Waals surface area contributed by atoms with E-state index < -0.39 is 20.7 Å². The number of carbonyl (C=O) groups excluding carboxylic acids is 1. The summed E-state index contributed by atoms with van der Waals surface area (Å²) in [4.78, 5) is 23.9. The Morgan fingerprint density at radius 1 is 1.29 bits per heavy atom. The summed E-state index contributed by atoms with van der Waals surface area (Å²) in [5, 5.41) is 10.8. The lowest BCUT2D eigenvalue weighted by Crippen LogP contribution is -2.34. The van der Waals surface area contributed by atoms with Crippen LogP contribution in [0.15, 0.2) is 18.2 Å². The number of para-hydroxylation sites is 1. The van der Waals surface area contributed by atoms with E-state index in [4.69, 9.17) is 5.73 Å². The molecule has 2 rings (SSSR count). The van der Waals surface area contributed by atoms with E-state index in [-0.39, 0.29) is 35.0 Å². The van der Waals surface area contributed by atoms with E-state index >= 15 is 0 Å². The van der Waals surface area contributed by atoms with Crippen molar-refractivity contribution in [3.8, 4) is 0 Å². The third kappa shape index (κ3) is 3.30. The van der Waals surface area contributed by atoms with Gasteiger partial charge in [-0.25, -0.2) is 8.42 Å². The fourth-order valence-electron chi connectivity index (χ4n) is 2.21. The number of anilines is 1. The highest BCUT2D eigenvalue weighted by molar-refractivity contribution is 7.91. The maximum Gasteiger partial charge on any atom is 0.292 e. The van der Waals surface area contributed by atoms with Crippen LogP contribution in [0.25, 0.3) is 0 Å². The topological polar surface area (TPSA) is 124 Å². The van der Waals surface area contributed by atoms with Crippen LogP contribution in [0.4, 0.5) is 11.4 Å². The number of hydrogen-bond donors (Lipinski definition) is 1. The number of nitro benzene ring substituents is 1. The van der Waals surface area contributed by atoms with Gasteiger partial charge in [-0.05, 0) is 12.5 Å². The molecule has 0 atom stereocenters. The van der Waals surface area contributed by atoms with E-state index in [0.29, 0.717) is 13.0 Å². The van der Waals surface area contributed by atoms with Crippen LogP contribution in [0.3, 0.4) is 0 Å². The van der Waals surface area contributed by atoms with Crippen LogP contribution in [0, 0.1) is 10.1 Å². The van der Waals surface area contributed by atoms with Crippen LogP contribution in [0.1, 0.15) is 16.8 Å². The van der Waals surface area contributed by atoms with E-state index in [1.165, 1.54) is 23.1 Å². The molecule has 0 aliphatic carbocycles. The molecule has 0 saturated carbocycles. The minimum atomic E-state index is -3.13. The highest BCUT2D eigenvalue weighted by Crippen LogP contribution is 2.26. The molecule has 1 aromatic rings. The van der Waals surface area contributed by atoms with Gasteiger partial charge in [0.2, 0.25) is 0 Å². The number of carbonyl (C=O) groups is 1. The molecule has 21 heavy (non-hydrogen) atoms. The summed E-state index contributed by atoms with van der Waals surface area (Å²) in [5.41, 5.74) is 5.18. The van der Waals surface area contributed by atoms with Gasteiger partial charge in [0.15, 0.2) is 9.84 Å². The zero-order chi connectivity index (χ0) is 15.6. The minimum absolute atomic E-state index is 0.0310. The van der Waals surface area contributed by atoms with Crippen molar-refractivity contribution in [2.75, 3.05) is 30.3 Å². The van der Waals surface area contributed by atoms with E-state index in [9.17, 15) is 23.3 Å². The Morgan fingerprint density at radius 3 is 2.67 bits per heavy atom. The van der Waals surface area contributed by atoms with Crippen LogP contribution in [0.5, 0.6) is 0 Å². The average Bonchev–Trinajstić information content (AvgIpc) is 2.59. The molecule has 1 aliphatic rings. The molecule has 2 N–H and O–H groups in total. The normalized spacial score (nSPS) is 18.0. The first-order valence-corrected chi connectivity index (χ1v) is 8.16. The molecule has 0 spiro atoms. The molecule has 114 valence electrons. The SMILES string of the molecule is Nc1c(C(=O)N2CCCS(=O)(=O)CC2)cccc1[N+](=O)[O-]. The predicted molar refractivity (Wildman–Crippen MR) is 76.7 cm³/mol. The summed E-state index contributed by atoms with van der Waals surface area (Å²) < 4.78 is 23.1. The van der Waals surface area contributed by atoms with Crippen molar-refractivity contribution < 1.29 is 18.1 Å². The maximum absolute atomic E-state index is 12.4. The Kier molecular flexibility index (Phi) is 4.12. The van der Waals surface area contributed by atoms with Crippen molar-refractivity contribution in [3.05, 3.63) is 33.9 Å². The highest BCUT2D eigenvalue weighted by atomic mass is 32.2. The zero-order valence-corrected chi connectivity index (χ0v) is 12.0. The number of hydrogen-bond acceptors (Lipinski definition) is 6. The third-order valence-corrected chi connectivity index (χ3v) is 5.07. The minimum Gasteiger partial charge on any atom is -0.393 e. The molecule has 0 aromatic heterocycles. The van der Waals surface area contributed by atoms with Gasteiger partial charge >= 0.3 is 0 Å². The van der Waals surface area contributed by atoms with Crippen molar-refractivity contribution in [2.24, 2.45) is 0 Å². The lowest BCUT2D eigenvalue weighted by molar-refractivity contribution is -0.383. The quantitative estimate of drug-likeness (QED) is 0.480. The molecule has 1 aliphatic heterocycles. The van der Waals surface area contributed by atoms with Crippen molar-refractivity contribution in [1.29, 1.82) is 0 Å². The lowest BCUT2D eigenvalue weighted by Gasteiger charge is -2.20. The maximum atomic E-state index is 12.4. The number of nitrogens with zero attached hydrogens (tertiary/aromatic N) is 2. The summed E-state index contributed by atoms with van der Waals surface area (Å²) in [5.74, 6) is -0.539. The molecule has 0 radical (unpaired) electrons. The van der Waals surface area contributed by atoms with Crippen LogP contribution < -0.4 is 5.73 Å². The molecular weight excluding hydrogens is 298 g/mol. The van der Waals surface area contributed by atoms with Gasteiger partial charge < -0.3 is 10.6 Å². The molecule has 1 aromatic carbocycles. The smallest absolute Gasteiger partial charge is 0.292 e. The zero-order valence-electron chi connectivity index (χ0n) is 11.2. The first-order chi connectivity index (χ1) is 9.82. The second-order valence-corrected chi connectivity index (χ2v) is 7.10. The van der Waals surface area contributed by atoms with Crippen LogP contribution in [0.2, 0.25) is 0 Å². The first-order valence-electron chi connectivity index (χ1n) is 6.34. The van der Waals surface area contributed by atoms with Gasteiger partial charge in [0.05, 0.1) is 22.0 Å². The summed E-state index contributed by atoms with van der Waals surface area (Å²) in [7, 11) is -3.13. The first kappa shape index (κ1) is 15.2. The van der Waals surface area contributed by atoms with Gasteiger partial charge in [0.25, 0.3) is 11.6 Å². The van der Waals surface area contributed by atoms with Gasteiger partial charge in [-0.3, -0.25) is 14.9 Å². The molecule has 1 fully saturated rings. The van der Waals surface area contributed by atoms with Gasteiger partial charge in [0.1, 0.15) is 5.69 Å². The third-order valence-electron chi connectivity index (χ3n) is 3.35. The second kappa shape index (κ2) is 5.68. The van der Waals surface area contributed by atoms with E-state index in [1.807, 2.05) is 0 Å². The van der Waals surface area contributed by atoms with Crippen LogP contribution in [-0.2, 0) is 9.84 Å². The number of nitro groups is 1. The van der Waals surface area contributed by atoms with E-state index in [2.05, 4.69) is 0 Å². The molecule has 0 bridgehead atoms. The Labute approximate surface area is 121 Å². The molecule has 1 saturated heterocycles. The fourth-order valence-corrected chi connectivity index (χ4v) is 3.48. The average molecular weight is 313 g/mol. The molecular formula is C12H15N3O5S. The second-order valence-electron chi connectivity index (χ2n) is 4.79. The largest absolute Gasteiger partial charge is 0.393 e. The summed E-state index contributed by atoms with van der Waals surface area (Å²) in [6, 6.07) is 4.01. The molecule has 8 nitrogen and oxygen atoms in total. The highest BCUT2D eigenvalue weighted by Gasteiger charge is 2.26. The lowest BCUT2D eigenvalue weighted by atomic mass is 10.1. The van der Waals surface area contributed by atoms with Gasteiger partial charge in [0, 0.05) is 19.2 Å². The number of nitrogens with two attached hydrogens (primary N) is 1. The van der Waals surface area contributed by atoms with E-state index in [1.54, 1.807) is 0 Å². The Balaban J connectivity index is 2.28. The molecule has 0 unspecified atom stereocenters. The van der Waals surface area contributed by atoms with Crippen molar-refractivity contribution in [2.45, 2.75) is 6.42 Å². The summed E-state index contributed by atoms with van der Waals surface area (Å²) >= 11 is 0. The summed E-state index contributed by atoms with van der Waals surface area (Å²) in [6.45, 7) is 0.365. The number of rotatable bonds is 2. The van der Waals surface area contributed by atoms with Crippen molar-refractivity contribution in [3.63, 3.8) is 0 Å². The number of sulfone groups is 1. The Hall–Kier alpha value is -2.16. The molecule has 1 amide bonds. The van der Waals surface area contributed by atoms with Gasteiger partial charge in [-0.15, -0.1) is 0 Å². The number of nitrogen functional groups attached to an aromatic ring is 1.